The van der Waals surface area contributed by atoms with E-state index in [1.54, 1.807) is 0 Å². The van der Waals surface area contributed by atoms with E-state index in [1.165, 1.54) is 32.8 Å². The van der Waals surface area contributed by atoms with Crippen molar-refractivity contribution >= 4 is 17.7 Å². The third-order valence-corrected chi connectivity index (χ3v) is 6.09. The van der Waals surface area contributed by atoms with Crippen LogP contribution in [0.4, 0.5) is 0 Å². The number of hydrogen-bond donors (Lipinski definition) is 2. The van der Waals surface area contributed by atoms with Crippen LogP contribution in [0.15, 0.2) is 0 Å². The number of ether oxygens (including phenoxy) is 1. The second-order valence-electron chi connectivity index (χ2n) is 7.72. The maximum Gasteiger partial charge on any atom is 0.328 e. The Bertz CT molecular complexity index is 513. The highest BCUT2D eigenvalue weighted by Crippen LogP contribution is 2.44. The molecule has 3 aliphatic rings. The molecule has 0 aromatic rings. The van der Waals surface area contributed by atoms with Gasteiger partial charge in [-0.2, -0.15) is 0 Å². The molecule has 6 nitrogen and oxygen atoms in total. The molecule has 6 heteroatoms. The van der Waals surface area contributed by atoms with Crippen molar-refractivity contribution in [3.05, 3.63) is 0 Å². The van der Waals surface area contributed by atoms with Gasteiger partial charge in [0.2, 0.25) is 5.91 Å². The second-order valence-corrected chi connectivity index (χ2v) is 7.72. The molecule has 0 aromatic carbocycles. The molecule has 0 unspecified atom stereocenters. The van der Waals surface area contributed by atoms with Gasteiger partial charge < -0.3 is 15.4 Å². The van der Waals surface area contributed by atoms with E-state index in [9.17, 15) is 14.4 Å². The summed E-state index contributed by atoms with van der Waals surface area (Å²) in [6.45, 7) is 0.884. The highest BCUT2D eigenvalue weighted by Gasteiger charge is 2.44. The first-order chi connectivity index (χ1) is 11.5. The lowest BCUT2D eigenvalue weighted by Crippen LogP contribution is -2.49. The normalized spacial score (nSPS) is 29.8. The summed E-state index contributed by atoms with van der Waals surface area (Å²) < 4.78 is 4.83. The van der Waals surface area contributed by atoms with Gasteiger partial charge in [0.15, 0.2) is 0 Å². The Labute approximate surface area is 143 Å². The zero-order valence-corrected chi connectivity index (χ0v) is 14.4. The number of esters is 1. The lowest BCUT2D eigenvalue weighted by Gasteiger charge is -2.23. The van der Waals surface area contributed by atoms with Gasteiger partial charge in [0.05, 0.1) is 13.2 Å². The molecule has 2 N–H and O–H groups in total. The van der Waals surface area contributed by atoms with E-state index in [0.29, 0.717) is 12.8 Å². The minimum Gasteiger partial charge on any atom is -0.467 e. The molecular formula is C18H28N2O4. The first-order valence-corrected chi connectivity index (χ1v) is 9.17. The molecule has 134 valence electrons. The molecule has 3 fully saturated rings. The average molecular weight is 336 g/mol. The van der Waals surface area contributed by atoms with Crippen molar-refractivity contribution in [2.24, 2.45) is 11.3 Å². The van der Waals surface area contributed by atoms with Crippen LogP contribution >= 0.6 is 0 Å². The number of nitrogens with one attached hydrogen (secondary N) is 2. The number of carbonyl (C=O) groups excluding carboxylic acids is 3. The van der Waals surface area contributed by atoms with Crippen molar-refractivity contribution in [2.75, 3.05) is 13.7 Å². The predicted molar refractivity (Wildman–Crippen MR) is 88.2 cm³/mol. The maximum atomic E-state index is 12.6. The van der Waals surface area contributed by atoms with Crippen LogP contribution in [-0.2, 0) is 19.1 Å². The van der Waals surface area contributed by atoms with Crippen molar-refractivity contribution in [1.29, 1.82) is 0 Å². The van der Waals surface area contributed by atoms with E-state index in [2.05, 4.69) is 10.6 Å². The average Bonchev–Trinajstić information content (AvgIpc) is 3.30. The van der Waals surface area contributed by atoms with Crippen molar-refractivity contribution in [3.8, 4) is 0 Å². The first-order valence-electron chi connectivity index (χ1n) is 9.17. The van der Waals surface area contributed by atoms with Crippen LogP contribution in [-0.4, -0.2) is 43.4 Å². The number of ketones is 1. The monoisotopic (exact) mass is 336 g/mol. The third kappa shape index (κ3) is 3.63. The molecule has 3 atom stereocenters. The van der Waals surface area contributed by atoms with Crippen molar-refractivity contribution in [2.45, 2.75) is 69.9 Å². The number of carbonyl (C=O) groups is 3. The van der Waals surface area contributed by atoms with Crippen molar-refractivity contribution in [3.63, 3.8) is 0 Å². The zero-order valence-electron chi connectivity index (χ0n) is 14.4. The van der Waals surface area contributed by atoms with Gasteiger partial charge in [0.25, 0.3) is 0 Å². The zero-order chi connectivity index (χ0) is 17.2. The fourth-order valence-electron chi connectivity index (χ4n) is 4.66. The molecule has 1 heterocycles. The summed E-state index contributed by atoms with van der Waals surface area (Å²) in [6, 6.07) is -0.967. The van der Waals surface area contributed by atoms with E-state index >= 15 is 0 Å². The first kappa shape index (κ1) is 17.4. The summed E-state index contributed by atoms with van der Waals surface area (Å²) in [6.07, 6.45) is 8.30. The summed E-state index contributed by atoms with van der Waals surface area (Å²) in [7, 11) is 1.32. The molecular weight excluding hydrogens is 308 g/mol. The molecule has 0 aromatic heterocycles. The third-order valence-electron chi connectivity index (χ3n) is 6.09. The molecule has 1 aliphatic heterocycles. The number of Topliss-reactive ketones (excluding diaryl/α,β-unsaturated/α-hetero) is 1. The smallest absolute Gasteiger partial charge is 0.328 e. The lowest BCUT2D eigenvalue weighted by molar-refractivity contribution is -0.146. The lowest BCUT2D eigenvalue weighted by atomic mass is 9.84. The molecule has 2 aliphatic carbocycles. The van der Waals surface area contributed by atoms with Crippen LogP contribution in [0, 0.1) is 11.3 Å². The molecule has 3 rings (SSSR count). The maximum absolute atomic E-state index is 12.6. The van der Waals surface area contributed by atoms with Gasteiger partial charge >= 0.3 is 5.97 Å². The Kier molecular flexibility index (Phi) is 5.23. The highest BCUT2D eigenvalue weighted by molar-refractivity contribution is 5.89. The number of amides is 1. The fraction of sp³-hybridized carbons (Fsp3) is 0.833. The second kappa shape index (κ2) is 7.21. The largest absolute Gasteiger partial charge is 0.467 e. The SMILES string of the molecule is COC(=O)[C@H](C[C@@H]1CCCC1=O)NC(=O)[C@@H]1CC2(CCCC2)CN1. The molecule has 0 bridgehead atoms. The highest BCUT2D eigenvalue weighted by atomic mass is 16.5. The summed E-state index contributed by atoms with van der Waals surface area (Å²) in [5, 5.41) is 6.16. The van der Waals surface area contributed by atoms with Crippen LogP contribution in [0.3, 0.4) is 0 Å². The minimum atomic E-state index is -0.725. The van der Waals surface area contributed by atoms with E-state index in [1.807, 2.05) is 0 Å². The van der Waals surface area contributed by atoms with Gasteiger partial charge in [-0.05, 0) is 43.9 Å². The number of methoxy groups -OCH3 is 1. The van der Waals surface area contributed by atoms with Crippen LogP contribution in [0.25, 0.3) is 0 Å². The van der Waals surface area contributed by atoms with E-state index in [0.717, 1.165) is 25.8 Å². The molecule has 1 amide bonds. The quantitative estimate of drug-likeness (QED) is 0.740. The van der Waals surface area contributed by atoms with E-state index < -0.39 is 12.0 Å². The van der Waals surface area contributed by atoms with Crippen LogP contribution in [0.5, 0.6) is 0 Å². The van der Waals surface area contributed by atoms with E-state index in [4.69, 9.17) is 4.74 Å². The predicted octanol–water partition coefficient (Wildman–Crippen LogP) is 1.33. The summed E-state index contributed by atoms with van der Waals surface area (Å²) in [5.41, 5.74) is 0.268. The van der Waals surface area contributed by atoms with Crippen LogP contribution in [0.2, 0.25) is 0 Å². The van der Waals surface area contributed by atoms with E-state index in [-0.39, 0.29) is 29.1 Å². The van der Waals surface area contributed by atoms with Gasteiger partial charge in [0, 0.05) is 18.9 Å². The minimum absolute atomic E-state index is 0.132. The van der Waals surface area contributed by atoms with Crippen molar-refractivity contribution < 1.29 is 19.1 Å². The fourth-order valence-corrected chi connectivity index (χ4v) is 4.66. The van der Waals surface area contributed by atoms with Gasteiger partial charge in [-0.1, -0.05) is 12.8 Å². The number of hydrogen-bond acceptors (Lipinski definition) is 5. The summed E-state index contributed by atoms with van der Waals surface area (Å²) >= 11 is 0. The van der Waals surface area contributed by atoms with Crippen LogP contribution < -0.4 is 10.6 Å². The van der Waals surface area contributed by atoms with Gasteiger partial charge in [-0.25, -0.2) is 4.79 Å². The summed E-state index contributed by atoms with van der Waals surface area (Å²) in [5.74, 6) is -0.537. The Balaban J connectivity index is 1.58. The Hall–Kier alpha value is -1.43. The molecule has 24 heavy (non-hydrogen) atoms. The topological polar surface area (TPSA) is 84.5 Å². The number of rotatable bonds is 5. The van der Waals surface area contributed by atoms with Gasteiger partial charge in [0.1, 0.15) is 11.8 Å². The Morgan fingerprint density at radius 3 is 2.71 bits per heavy atom. The van der Waals surface area contributed by atoms with Crippen LogP contribution in [0.1, 0.15) is 57.8 Å². The summed E-state index contributed by atoms with van der Waals surface area (Å²) in [4.78, 5) is 36.5. The standard InChI is InChI=1S/C18H28N2O4/c1-24-17(23)13(9-12-5-4-6-15(12)21)20-16(22)14-10-18(11-19-14)7-2-3-8-18/h12-14,19H,2-11H2,1H3,(H,20,22)/t12-,13-,14-/m0/s1. The van der Waals surface area contributed by atoms with Crippen molar-refractivity contribution in [1.82, 2.24) is 10.6 Å². The molecule has 2 saturated carbocycles. The van der Waals surface area contributed by atoms with Gasteiger partial charge in [-0.15, -0.1) is 0 Å². The molecule has 1 saturated heterocycles. The molecule has 0 radical (unpaired) electrons. The molecule has 1 spiro atoms. The Morgan fingerprint density at radius 2 is 2.08 bits per heavy atom. The Morgan fingerprint density at radius 1 is 1.33 bits per heavy atom. The van der Waals surface area contributed by atoms with Gasteiger partial charge in [-0.3, -0.25) is 9.59 Å².